The number of amides is 1. The van der Waals surface area contributed by atoms with Crippen LogP contribution in [0.5, 0.6) is 0 Å². The van der Waals surface area contributed by atoms with E-state index in [2.05, 4.69) is 9.62 Å². The number of hydrogen-bond acceptors (Lipinski definition) is 6. The van der Waals surface area contributed by atoms with Gasteiger partial charge in [-0.3, -0.25) is 9.69 Å². The van der Waals surface area contributed by atoms with Gasteiger partial charge in [-0.25, -0.2) is 21.6 Å². The number of carbonyl (C=O) groups is 1. The maximum Gasteiger partial charge on any atom is 0.240 e. The third-order valence-corrected chi connectivity index (χ3v) is 9.02. The summed E-state index contributed by atoms with van der Waals surface area (Å²) >= 11 is 0. The third kappa shape index (κ3) is 5.56. The van der Waals surface area contributed by atoms with E-state index >= 15 is 0 Å². The predicted octanol–water partition coefficient (Wildman–Crippen LogP) is 0.303. The zero-order valence-corrected chi connectivity index (χ0v) is 18.6. The van der Waals surface area contributed by atoms with Crippen molar-refractivity contribution >= 4 is 25.8 Å². The Morgan fingerprint density at radius 2 is 1.83 bits per heavy atom. The van der Waals surface area contributed by atoms with Gasteiger partial charge >= 0.3 is 0 Å². The van der Waals surface area contributed by atoms with Crippen molar-refractivity contribution in [1.82, 2.24) is 14.5 Å². The summed E-state index contributed by atoms with van der Waals surface area (Å²) in [5.41, 5.74) is 1.92. The van der Waals surface area contributed by atoms with Gasteiger partial charge in [-0.2, -0.15) is 0 Å². The van der Waals surface area contributed by atoms with Crippen molar-refractivity contribution in [3.05, 3.63) is 29.3 Å². The van der Waals surface area contributed by atoms with E-state index in [4.69, 9.17) is 0 Å². The highest BCUT2D eigenvalue weighted by Gasteiger charge is 2.34. The van der Waals surface area contributed by atoms with E-state index in [0.29, 0.717) is 32.6 Å². The second-order valence-electron chi connectivity index (χ2n) is 7.87. The fraction of sp³-hybridized carbons (Fsp3) is 0.632. The molecule has 2 aliphatic heterocycles. The van der Waals surface area contributed by atoms with Crippen LogP contribution in [0.25, 0.3) is 0 Å². The van der Waals surface area contributed by atoms with Crippen LogP contribution < -0.4 is 4.72 Å². The Morgan fingerprint density at radius 3 is 2.41 bits per heavy atom. The molecule has 1 amide bonds. The lowest BCUT2D eigenvalue weighted by molar-refractivity contribution is -0.133. The summed E-state index contributed by atoms with van der Waals surface area (Å²) in [4.78, 5) is 16.5. The molecule has 1 aromatic carbocycles. The highest BCUT2D eigenvalue weighted by atomic mass is 32.2. The molecule has 1 unspecified atom stereocenters. The number of sulfonamides is 1. The van der Waals surface area contributed by atoms with Gasteiger partial charge in [0.15, 0.2) is 9.84 Å². The van der Waals surface area contributed by atoms with Crippen molar-refractivity contribution in [2.24, 2.45) is 0 Å². The highest BCUT2D eigenvalue weighted by molar-refractivity contribution is 7.91. The Morgan fingerprint density at radius 1 is 1.14 bits per heavy atom. The minimum atomic E-state index is -3.64. The van der Waals surface area contributed by atoms with Crippen molar-refractivity contribution in [1.29, 1.82) is 0 Å². The average Bonchev–Trinajstić information content (AvgIpc) is 3.03. The van der Waals surface area contributed by atoms with Crippen molar-refractivity contribution < 1.29 is 21.6 Å². The first-order chi connectivity index (χ1) is 13.6. The molecule has 0 aromatic heterocycles. The number of hydrogen-bond donors (Lipinski definition) is 1. The van der Waals surface area contributed by atoms with Gasteiger partial charge in [0.1, 0.15) is 0 Å². The second-order valence-corrected chi connectivity index (χ2v) is 11.9. The molecule has 0 aliphatic carbocycles. The molecule has 0 radical (unpaired) electrons. The fourth-order valence-electron chi connectivity index (χ4n) is 3.81. The van der Waals surface area contributed by atoms with Crippen LogP contribution in [0.1, 0.15) is 24.0 Å². The number of carbonyl (C=O) groups excluding carboxylic acids is 1. The zero-order chi connectivity index (χ0) is 21.2. The molecule has 8 nitrogen and oxygen atoms in total. The van der Waals surface area contributed by atoms with E-state index in [1.54, 1.807) is 23.1 Å². The molecule has 10 heteroatoms. The lowest BCUT2D eigenvalue weighted by atomic mass is 10.1. The summed E-state index contributed by atoms with van der Waals surface area (Å²) in [5, 5.41) is 0. The maximum atomic E-state index is 12.4. The SMILES string of the molecule is Cc1ccc(S(=O)(=O)NCCC(=O)N2CCN(C3CCS(=O)(=O)C3)CC2)cc1C. The van der Waals surface area contributed by atoms with E-state index in [9.17, 15) is 21.6 Å². The van der Waals surface area contributed by atoms with E-state index < -0.39 is 19.9 Å². The molecule has 1 N–H and O–H groups in total. The van der Waals surface area contributed by atoms with Crippen LogP contribution in [0.2, 0.25) is 0 Å². The molecule has 0 bridgehead atoms. The van der Waals surface area contributed by atoms with Crippen molar-refractivity contribution in [3.63, 3.8) is 0 Å². The van der Waals surface area contributed by atoms with Crippen LogP contribution in [-0.4, -0.2) is 82.8 Å². The van der Waals surface area contributed by atoms with E-state index in [1.165, 1.54) is 0 Å². The lowest BCUT2D eigenvalue weighted by Crippen LogP contribution is -2.52. The maximum absolute atomic E-state index is 12.4. The van der Waals surface area contributed by atoms with Gasteiger partial charge in [0, 0.05) is 45.2 Å². The first kappa shape index (κ1) is 22.2. The molecule has 162 valence electrons. The van der Waals surface area contributed by atoms with E-state index in [-0.39, 0.29) is 41.3 Å². The Kier molecular flexibility index (Phi) is 6.67. The minimum Gasteiger partial charge on any atom is -0.340 e. The quantitative estimate of drug-likeness (QED) is 0.678. The summed E-state index contributed by atoms with van der Waals surface area (Å²) in [7, 11) is -6.56. The zero-order valence-electron chi connectivity index (χ0n) is 16.9. The van der Waals surface area contributed by atoms with E-state index in [0.717, 1.165) is 11.1 Å². The fourth-order valence-corrected chi connectivity index (χ4v) is 6.69. The first-order valence-corrected chi connectivity index (χ1v) is 13.2. The number of aryl methyl sites for hydroxylation is 2. The van der Waals surface area contributed by atoms with Crippen LogP contribution in [0.3, 0.4) is 0 Å². The van der Waals surface area contributed by atoms with Gasteiger partial charge in [-0.1, -0.05) is 6.07 Å². The highest BCUT2D eigenvalue weighted by Crippen LogP contribution is 2.19. The Balaban J connectivity index is 1.45. The first-order valence-electron chi connectivity index (χ1n) is 9.86. The predicted molar refractivity (Wildman–Crippen MR) is 111 cm³/mol. The molecule has 1 atom stereocenters. The molecule has 2 aliphatic rings. The third-order valence-electron chi connectivity index (χ3n) is 5.81. The van der Waals surface area contributed by atoms with E-state index in [1.807, 2.05) is 13.8 Å². The number of rotatable bonds is 6. The Bertz CT molecular complexity index is 968. The van der Waals surface area contributed by atoms with Crippen LogP contribution in [-0.2, 0) is 24.7 Å². The number of nitrogens with zero attached hydrogens (tertiary/aromatic N) is 2. The molecule has 2 fully saturated rings. The van der Waals surface area contributed by atoms with Crippen molar-refractivity contribution in [2.75, 3.05) is 44.2 Å². The molecule has 29 heavy (non-hydrogen) atoms. The molecular weight excluding hydrogens is 414 g/mol. The number of nitrogens with one attached hydrogen (secondary N) is 1. The molecule has 2 saturated heterocycles. The van der Waals surface area contributed by atoms with Crippen LogP contribution >= 0.6 is 0 Å². The summed E-state index contributed by atoms with van der Waals surface area (Å²) in [6.45, 7) is 6.22. The molecule has 0 saturated carbocycles. The van der Waals surface area contributed by atoms with Gasteiger partial charge in [0.25, 0.3) is 0 Å². The summed E-state index contributed by atoms with van der Waals surface area (Å²) in [6.07, 6.45) is 0.762. The molecular formula is C19H29N3O5S2. The van der Waals surface area contributed by atoms with Gasteiger partial charge in [0.05, 0.1) is 16.4 Å². The topological polar surface area (TPSA) is 104 Å². The lowest BCUT2D eigenvalue weighted by Gasteiger charge is -2.37. The number of sulfone groups is 1. The van der Waals surface area contributed by atoms with Gasteiger partial charge in [0.2, 0.25) is 15.9 Å². The normalized spacial score (nSPS) is 22.7. The second kappa shape index (κ2) is 8.71. The largest absolute Gasteiger partial charge is 0.340 e. The average molecular weight is 444 g/mol. The Hall–Kier alpha value is -1.49. The molecule has 2 heterocycles. The monoisotopic (exact) mass is 443 g/mol. The van der Waals surface area contributed by atoms with Gasteiger partial charge in [-0.05, 0) is 43.5 Å². The summed E-state index contributed by atoms with van der Waals surface area (Å²) in [5.74, 6) is 0.366. The van der Waals surface area contributed by atoms with Crippen LogP contribution in [0, 0.1) is 13.8 Å². The van der Waals surface area contributed by atoms with Crippen LogP contribution in [0.4, 0.5) is 0 Å². The summed E-state index contributed by atoms with van der Waals surface area (Å²) in [6, 6.07) is 5.02. The van der Waals surface area contributed by atoms with Crippen molar-refractivity contribution in [2.45, 2.75) is 37.6 Å². The van der Waals surface area contributed by atoms with Gasteiger partial charge < -0.3 is 4.90 Å². The molecule has 3 rings (SSSR count). The Labute approximate surface area is 173 Å². The number of piperazine rings is 1. The minimum absolute atomic E-state index is 0.0508. The van der Waals surface area contributed by atoms with Crippen molar-refractivity contribution in [3.8, 4) is 0 Å². The summed E-state index contributed by atoms with van der Waals surface area (Å²) < 4.78 is 50.6. The standard InChI is InChI=1S/C19H29N3O5S2/c1-15-3-4-18(13-16(15)2)29(26,27)20-7-5-19(23)22-10-8-21(9-11-22)17-6-12-28(24,25)14-17/h3-4,13,17,20H,5-12,14H2,1-2H3. The smallest absolute Gasteiger partial charge is 0.240 e. The molecule has 0 spiro atoms. The molecule has 1 aromatic rings. The van der Waals surface area contributed by atoms with Gasteiger partial charge in [-0.15, -0.1) is 0 Å². The number of benzene rings is 1. The van der Waals surface area contributed by atoms with Crippen LogP contribution in [0.15, 0.2) is 23.1 Å².